The van der Waals surface area contributed by atoms with E-state index in [4.69, 9.17) is 4.42 Å². The summed E-state index contributed by atoms with van der Waals surface area (Å²) < 4.78 is 6.23. The van der Waals surface area contributed by atoms with Crippen LogP contribution in [0.2, 0.25) is 0 Å². The highest BCUT2D eigenvalue weighted by Gasteiger charge is 2.46. The van der Waals surface area contributed by atoms with Gasteiger partial charge in [-0.15, -0.1) is 0 Å². The summed E-state index contributed by atoms with van der Waals surface area (Å²) in [6.07, 6.45) is 0. The van der Waals surface area contributed by atoms with E-state index >= 15 is 0 Å². The van der Waals surface area contributed by atoms with E-state index in [9.17, 15) is 0 Å². The normalized spacial score (nSPS) is 12.4. The zero-order valence-corrected chi connectivity index (χ0v) is 41.1. The number of rotatable bonds is 10. The highest BCUT2D eigenvalue weighted by atomic mass is 16.3. The third kappa shape index (κ3) is 7.58. The number of fused-ring (bicyclic) bond motifs is 6. The largest absolute Gasteiger partial charge is 0.456 e. The summed E-state index contributed by atoms with van der Waals surface area (Å²) in [5, 5.41) is 2.24. The molecule has 13 aromatic rings. The van der Waals surface area contributed by atoms with Crippen LogP contribution in [0.4, 0.5) is 17.1 Å². The van der Waals surface area contributed by atoms with E-state index in [0.29, 0.717) is 0 Å². The minimum absolute atomic E-state index is 0.648. The molecule has 1 aliphatic carbocycles. The Labute approximate surface area is 437 Å². The molecule has 352 valence electrons. The maximum absolute atomic E-state index is 6.23. The van der Waals surface area contributed by atoms with Gasteiger partial charge in [0, 0.05) is 27.7 Å². The van der Waals surface area contributed by atoms with Crippen molar-refractivity contribution < 1.29 is 4.42 Å². The molecule has 0 bridgehead atoms. The second-order valence-electron chi connectivity index (χ2n) is 19.6. The van der Waals surface area contributed by atoms with Crippen LogP contribution in [-0.2, 0) is 5.41 Å². The minimum atomic E-state index is -0.648. The van der Waals surface area contributed by atoms with Crippen molar-refractivity contribution in [3.8, 4) is 66.8 Å². The molecule has 0 saturated carbocycles. The van der Waals surface area contributed by atoms with Crippen molar-refractivity contribution in [1.82, 2.24) is 0 Å². The Hall–Kier alpha value is -9.76. The second-order valence-corrected chi connectivity index (χ2v) is 19.6. The molecule has 2 heteroatoms. The Morgan fingerprint density at radius 1 is 0.253 bits per heavy atom. The van der Waals surface area contributed by atoms with Crippen LogP contribution in [0.25, 0.3) is 88.7 Å². The lowest BCUT2D eigenvalue weighted by Gasteiger charge is -2.35. The molecule has 0 unspecified atom stereocenters. The molecule has 0 N–H and O–H groups in total. The van der Waals surface area contributed by atoms with Gasteiger partial charge in [0.05, 0.1) is 11.1 Å². The molecule has 0 radical (unpaired) electrons. The first-order chi connectivity index (χ1) is 37.2. The second kappa shape index (κ2) is 18.4. The van der Waals surface area contributed by atoms with E-state index in [0.717, 1.165) is 61.3 Å². The summed E-state index contributed by atoms with van der Waals surface area (Å²) in [6, 6.07) is 109. The molecule has 0 fully saturated rings. The first-order valence-electron chi connectivity index (χ1n) is 25.8. The van der Waals surface area contributed by atoms with Gasteiger partial charge in [-0.05, 0) is 132 Å². The van der Waals surface area contributed by atoms with Crippen molar-refractivity contribution in [3.05, 3.63) is 320 Å². The predicted octanol–water partition coefficient (Wildman–Crippen LogP) is 19.8. The molecule has 1 heterocycles. The van der Waals surface area contributed by atoms with Gasteiger partial charge in [0.2, 0.25) is 0 Å². The van der Waals surface area contributed by atoms with Crippen LogP contribution < -0.4 is 4.90 Å². The number of hydrogen-bond donors (Lipinski definition) is 0. The Balaban J connectivity index is 0.966. The SMILES string of the molecule is c1ccc(-c2ccc(-c3ccccc3N(c3ccc(-c4ccc5oc6ccccc6c5c4)cc3)c3ccc4c(c3)C(c3ccc(-c5ccccc5)cc3)(c3ccc(-c5ccccc5)cc3)c3ccccc3-4)cc2)cc1. The Morgan fingerprint density at radius 3 is 1.31 bits per heavy atom. The lowest BCUT2D eigenvalue weighted by atomic mass is 9.67. The maximum atomic E-state index is 6.23. The molecule has 14 rings (SSSR count). The number of furan rings is 1. The van der Waals surface area contributed by atoms with Gasteiger partial charge in [0.25, 0.3) is 0 Å². The lowest BCUT2D eigenvalue weighted by molar-refractivity contribution is 0.669. The van der Waals surface area contributed by atoms with Crippen LogP contribution in [0.5, 0.6) is 0 Å². The molecule has 0 spiro atoms. The van der Waals surface area contributed by atoms with Gasteiger partial charge in [0.15, 0.2) is 0 Å². The summed E-state index contributed by atoms with van der Waals surface area (Å²) in [7, 11) is 0. The molecule has 0 atom stereocenters. The summed E-state index contributed by atoms with van der Waals surface area (Å²) >= 11 is 0. The lowest BCUT2D eigenvalue weighted by Crippen LogP contribution is -2.29. The highest BCUT2D eigenvalue weighted by molar-refractivity contribution is 6.06. The van der Waals surface area contributed by atoms with Crippen molar-refractivity contribution in [3.63, 3.8) is 0 Å². The van der Waals surface area contributed by atoms with Crippen LogP contribution in [-0.4, -0.2) is 0 Å². The molecule has 75 heavy (non-hydrogen) atoms. The van der Waals surface area contributed by atoms with Crippen molar-refractivity contribution in [2.24, 2.45) is 0 Å². The summed E-state index contributed by atoms with van der Waals surface area (Å²) in [4.78, 5) is 2.46. The van der Waals surface area contributed by atoms with Gasteiger partial charge in [-0.2, -0.15) is 0 Å². The fourth-order valence-corrected chi connectivity index (χ4v) is 11.8. The fourth-order valence-electron chi connectivity index (χ4n) is 11.8. The predicted molar refractivity (Wildman–Crippen MR) is 313 cm³/mol. The molecular weight excluding hydrogens is 907 g/mol. The molecule has 2 nitrogen and oxygen atoms in total. The number of hydrogen-bond acceptors (Lipinski definition) is 2. The van der Waals surface area contributed by atoms with E-state index in [2.05, 4.69) is 290 Å². The average Bonchev–Trinajstić information content (AvgIpc) is 4.06. The van der Waals surface area contributed by atoms with Gasteiger partial charge < -0.3 is 9.32 Å². The van der Waals surface area contributed by atoms with E-state index in [1.807, 2.05) is 12.1 Å². The molecular formula is C73H49NO. The first-order valence-corrected chi connectivity index (χ1v) is 25.8. The molecule has 0 aliphatic heterocycles. The average molecular weight is 956 g/mol. The standard InChI is InChI=1S/C73H49NO/c1-4-16-50(17-5-1)53-28-30-57(31-29-53)63-22-11-14-26-70(63)74(61-43-36-56(37-44-61)58-38-47-72-67(48-58)66-24-12-15-27-71(66)75-72)62-45-46-65-64-23-10-13-25-68(64)73(69(65)49-62,59-39-32-54(33-40-59)51-18-6-2-7-19-51)60-41-34-55(35-42-60)52-20-8-3-9-21-52/h1-49H. The molecule has 12 aromatic carbocycles. The Morgan fingerprint density at radius 2 is 0.680 bits per heavy atom. The molecule has 0 saturated heterocycles. The molecule has 0 amide bonds. The maximum Gasteiger partial charge on any atom is 0.135 e. The van der Waals surface area contributed by atoms with Gasteiger partial charge >= 0.3 is 0 Å². The summed E-state index contributed by atoms with van der Waals surface area (Å²) in [5.74, 6) is 0. The van der Waals surface area contributed by atoms with Gasteiger partial charge in [-0.1, -0.05) is 249 Å². The number of anilines is 3. The zero-order valence-electron chi connectivity index (χ0n) is 41.1. The van der Waals surface area contributed by atoms with Crippen molar-refractivity contribution in [2.45, 2.75) is 5.41 Å². The summed E-state index contributed by atoms with van der Waals surface area (Å²) in [5.41, 5.74) is 23.5. The van der Waals surface area contributed by atoms with Crippen LogP contribution in [0.15, 0.2) is 302 Å². The topological polar surface area (TPSA) is 16.4 Å². The number of para-hydroxylation sites is 2. The van der Waals surface area contributed by atoms with Crippen molar-refractivity contribution >= 4 is 39.0 Å². The third-order valence-electron chi connectivity index (χ3n) is 15.4. The first kappa shape index (κ1) is 44.0. The van der Waals surface area contributed by atoms with E-state index in [-0.39, 0.29) is 0 Å². The van der Waals surface area contributed by atoms with E-state index in [1.54, 1.807) is 0 Å². The van der Waals surface area contributed by atoms with E-state index in [1.165, 1.54) is 66.8 Å². The fraction of sp³-hybridized carbons (Fsp3) is 0.0137. The van der Waals surface area contributed by atoms with Crippen molar-refractivity contribution in [1.29, 1.82) is 0 Å². The van der Waals surface area contributed by atoms with Gasteiger partial charge in [-0.25, -0.2) is 0 Å². The zero-order chi connectivity index (χ0) is 49.7. The van der Waals surface area contributed by atoms with Crippen LogP contribution in [0, 0.1) is 0 Å². The monoisotopic (exact) mass is 955 g/mol. The quantitative estimate of drug-likeness (QED) is 0.136. The number of benzene rings is 12. The summed E-state index contributed by atoms with van der Waals surface area (Å²) in [6.45, 7) is 0. The molecule has 1 aliphatic rings. The van der Waals surface area contributed by atoms with Gasteiger partial charge in [0.1, 0.15) is 11.2 Å². The Kier molecular flexibility index (Phi) is 10.8. The highest BCUT2D eigenvalue weighted by Crippen LogP contribution is 2.58. The van der Waals surface area contributed by atoms with Gasteiger partial charge in [-0.3, -0.25) is 0 Å². The minimum Gasteiger partial charge on any atom is -0.456 e. The van der Waals surface area contributed by atoms with Crippen LogP contribution in [0.3, 0.4) is 0 Å². The van der Waals surface area contributed by atoms with Crippen LogP contribution in [0.1, 0.15) is 22.3 Å². The van der Waals surface area contributed by atoms with E-state index < -0.39 is 5.41 Å². The third-order valence-corrected chi connectivity index (χ3v) is 15.4. The van der Waals surface area contributed by atoms with Crippen molar-refractivity contribution in [2.75, 3.05) is 4.90 Å². The smallest absolute Gasteiger partial charge is 0.135 e. The molecule has 1 aromatic heterocycles. The number of nitrogens with zero attached hydrogens (tertiary/aromatic N) is 1. The van der Waals surface area contributed by atoms with Crippen LogP contribution >= 0.6 is 0 Å². The Bertz CT molecular complexity index is 4090.